The molecule has 1 aromatic heterocycles. The van der Waals surface area contributed by atoms with Gasteiger partial charge in [0.25, 0.3) is 0 Å². The first-order valence-electron chi connectivity index (χ1n) is 5.88. The maximum atomic E-state index is 5.17. The standard InChI is InChI=1S/C12H21N3OS/c1-5-17-7-6-9(2)15-11-10(3)12(16-4)14-8-13-11/h8-9H,5-7H2,1-4H3,(H,13,14,15). The fourth-order valence-corrected chi connectivity index (χ4v) is 2.30. The zero-order valence-electron chi connectivity index (χ0n) is 11.0. The van der Waals surface area contributed by atoms with Gasteiger partial charge in [0.05, 0.1) is 12.7 Å². The van der Waals surface area contributed by atoms with Crippen molar-refractivity contribution in [1.82, 2.24) is 9.97 Å². The summed E-state index contributed by atoms with van der Waals surface area (Å²) in [4.78, 5) is 8.31. The van der Waals surface area contributed by atoms with Crippen LogP contribution in [0.4, 0.5) is 5.82 Å². The van der Waals surface area contributed by atoms with Crippen LogP contribution >= 0.6 is 11.8 Å². The molecule has 0 bridgehead atoms. The molecule has 5 heteroatoms. The summed E-state index contributed by atoms with van der Waals surface area (Å²) in [6, 6.07) is 0.410. The topological polar surface area (TPSA) is 47.0 Å². The summed E-state index contributed by atoms with van der Waals surface area (Å²) < 4.78 is 5.17. The molecule has 0 amide bonds. The Morgan fingerprint density at radius 2 is 2.24 bits per heavy atom. The molecule has 0 aliphatic heterocycles. The van der Waals surface area contributed by atoms with E-state index in [1.807, 2.05) is 18.7 Å². The molecular weight excluding hydrogens is 234 g/mol. The molecule has 0 aromatic carbocycles. The minimum Gasteiger partial charge on any atom is -0.481 e. The average Bonchev–Trinajstić information content (AvgIpc) is 2.32. The van der Waals surface area contributed by atoms with E-state index in [0.29, 0.717) is 11.9 Å². The van der Waals surface area contributed by atoms with Gasteiger partial charge in [0.15, 0.2) is 0 Å². The van der Waals surface area contributed by atoms with Crippen molar-refractivity contribution >= 4 is 17.6 Å². The van der Waals surface area contributed by atoms with Crippen LogP contribution in [0.3, 0.4) is 0 Å². The molecular formula is C12H21N3OS. The smallest absolute Gasteiger partial charge is 0.221 e. The fraction of sp³-hybridized carbons (Fsp3) is 0.667. The summed E-state index contributed by atoms with van der Waals surface area (Å²) in [5, 5.41) is 3.40. The number of aromatic nitrogens is 2. The van der Waals surface area contributed by atoms with E-state index in [-0.39, 0.29) is 0 Å². The summed E-state index contributed by atoms with van der Waals surface area (Å²) >= 11 is 1.96. The molecule has 17 heavy (non-hydrogen) atoms. The summed E-state index contributed by atoms with van der Waals surface area (Å²) in [6.07, 6.45) is 2.66. The van der Waals surface area contributed by atoms with Crippen LogP contribution in [0.25, 0.3) is 0 Å². The van der Waals surface area contributed by atoms with Crippen molar-refractivity contribution in [2.24, 2.45) is 0 Å². The fourth-order valence-electron chi connectivity index (χ4n) is 1.50. The monoisotopic (exact) mass is 255 g/mol. The lowest BCUT2D eigenvalue weighted by atomic mass is 10.2. The first-order chi connectivity index (χ1) is 8.19. The molecule has 0 saturated heterocycles. The Bertz CT molecular complexity index is 347. The number of nitrogens with one attached hydrogen (secondary N) is 1. The van der Waals surface area contributed by atoms with Gasteiger partial charge in [0.1, 0.15) is 12.1 Å². The Kier molecular flexibility index (Phi) is 6.11. The second-order valence-corrected chi connectivity index (χ2v) is 5.28. The van der Waals surface area contributed by atoms with E-state index in [4.69, 9.17) is 4.74 Å². The summed E-state index contributed by atoms with van der Waals surface area (Å²) in [5.41, 5.74) is 0.963. The molecule has 1 N–H and O–H groups in total. The van der Waals surface area contributed by atoms with Crippen molar-refractivity contribution in [2.45, 2.75) is 33.2 Å². The van der Waals surface area contributed by atoms with Gasteiger partial charge in [0, 0.05) is 6.04 Å². The van der Waals surface area contributed by atoms with Crippen molar-refractivity contribution in [1.29, 1.82) is 0 Å². The van der Waals surface area contributed by atoms with Crippen LogP contribution in [0.15, 0.2) is 6.33 Å². The molecule has 0 aliphatic rings. The van der Waals surface area contributed by atoms with Crippen molar-refractivity contribution in [2.75, 3.05) is 23.9 Å². The molecule has 1 aromatic rings. The molecule has 0 aliphatic carbocycles. The third-order valence-corrected chi connectivity index (χ3v) is 3.45. The predicted octanol–water partition coefficient (Wildman–Crippen LogP) is 2.74. The molecule has 96 valence electrons. The van der Waals surface area contributed by atoms with E-state index in [1.165, 1.54) is 17.8 Å². The lowest BCUT2D eigenvalue weighted by Gasteiger charge is -2.16. The molecule has 0 saturated carbocycles. The predicted molar refractivity (Wildman–Crippen MR) is 74.0 cm³/mol. The van der Waals surface area contributed by atoms with Crippen LogP contribution in [-0.2, 0) is 0 Å². The Hall–Kier alpha value is -0.970. The normalized spacial score (nSPS) is 12.2. The van der Waals surface area contributed by atoms with Gasteiger partial charge in [-0.1, -0.05) is 6.92 Å². The third kappa shape index (κ3) is 4.42. The minimum absolute atomic E-state index is 0.410. The Labute approximate surface area is 108 Å². The maximum absolute atomic E-state index is 5.17. The van der Waals surface area contributed by atoms with Gasteiger partial charge in [-0.05, 0) is 31.8 Å². The molecule has 1 rings (SSSR count). The molecule has 0 spiro atoms. The highest BCUT2D eigenvalue weighted by Gasteiger charge is 2.09. The number of ether oxygens (including phenoxy) is 1. The zero-order chi connectivity index (χ0) is 12.7. The Morgan fingerprint density at radius 3 is 2.88 bits per heavy atom. The second kappa shape index (κ2) is 7.37. The van der Waals surface area contributed by atoms with Crippen molar-refractivity contribution in [3.8, 4) is 5.88 Å². The lowest BCUT2D eigenvalue weighted by molar-refractivity contribution is 0.393. The van der Waals surface area contributed by atoms with Gasteiger partial charge >= 0.3 is 0 Å². The Morgan fingerprint density at radius 1 is 1.47 bits per heavy atom. The maximum Gasteiger partial charge on any atom is 0.221 e. The van der Waals surface area contributed by atoms with E-state index < -0.39 is 0 Å². The van der Waals surface area contributed by atoms with E-state index in [2.05, 4.69) is 29.1 Å². The van der Waals surface area contributed by atoms with E-state index in [1.54, 1.807) is 7.11 Å². The SMILES string of the molecule is CCSCCC(C)Nc1ncnc(OC)c1C. The molecule has 1 unspecified atom stereocenters. The molecule has 4 nitrogen and oxygen atoms in total. The number of nitrogens with zero attached hydrogens (tertiary/aromatic N) is 2. The van der Waals surface area contributed by atoms with Crippen LogP contribution in [0.5, 0.6) is 5.88 Å². The van der Waals surface area contributed by atoms with Crippen LogP contribution < -0.4 is 10.1 Å². The summed E-state index contributed by atoms with van der Waals surface area (Å²) in [7, 11) is 1.63. The van der Waals surface area contributed by atoms with Crippen LogP contribution in [-0.4, -0.2) is 34.6 Å². The van der Waals surface area contributed by atoms with E-state index in [0.717, 1.165) is 17.8 Å². The first-order valence-corrected chi connectivity index (χ1v) is 7.04. The van der Waals surface area contributed by atoms with Crippen molar-refractivity contribution < 1.29 is 4.74 Å². The average molecular weight is 255 g/mol. The molecule has 0 fully saturated rings. The minimum atomic E-state index is 0.410. The number of methoxy groups -OCH3 is 1. The first kappa shape index (κ1) is 14.1. The van der Waals surface area contributed by atoms with Crippen molar-refractivity contribution in [3.05, 3.63) is 11.9 Å². The quantitative estimate of drug-likeness (QED) is 0.759. The number of anilines is 1. The molecule has 0 radical (unpaired) electrons. The molecule has 1 atom stereocenters. The third-order valence-electron chi connectivity index (χ3n) is 2.51. The zero-order valence-corrected chi connectivity index (χ0v) is 11.8. The van der Waals surface area contributed by atoms with Crippen LogP contribution in [0, 0.1) is 6.92 Å². The van der Waals surface area contributed by atoms with Gasteiger partial charge in [0.2, 0.25) is 5.88 Å². The number of hydrogen-bond acceptors (Lipinski definition) is 5. The summed E-state index contributed by atoms with van der Waals surface area (Å²) in [5.74, 6) is 3.85. The number of hydrogen-bond donors (Lipinski definition) is 1. The second-order valence-electron chi connectivity index (χ2n) is 3.89. The van der Waals surface area contributed by atoms with Gasteiger partial charge in [-0.2, -0.15) is 11.8 Å². The number of rotatable bonds is 7. The highest BCUT2D eigenvalue weighted by molar-refractivity contribution is 7.99. The highest BCUT2D eigenvalue weighted by atomic mass is 32.2. The van der Waals surface area contributed by atoms with Crippen LogP contribution in [0.2, 0.25) is 0 Å². The lowest BCUT2D eigenvalue weighted by Crippen LogP contribution is -2.18. The Balaban J connectivity index is 2.55. The summed E-state index contributed by atoms with van der Waals surface area (Å²) in [6.45, 7) is 6.32. The van der Waals surface area contributed by atoms with Gasteiger partial charge in [-0.15, -0.1) is 0 Å². The highest BCUT2D eigenvalue weighted by Crippen LogP contribution is 2.21. The van der Waals surface area contributed by atoms with E-state index in [9.17, 15) is 0 Å². The largest absolute Gasteiger partial charge is 0.481 e. The van der Waals surface area contributed by atoms with Gasteiger partial charge < -0.3 is 10.1 Å². The molecule has 1 heterocycles. The van der Waals surface area contributed by atoms with E-state index >= 15 is 0 Å². The number of thioether (sulfide) groups is 1. The van der Waals surface area contributed by atoms with Gasteiger partial charge in [-0.3, -0.25) is 0 Å². The van der Waals surface area contributed by atoms with Gasteiger partial charge in [-0.25, -0.2) is 9.97 Å². The van der Waals surface area contributed by atoms with Crippen LogP contribution in [0.1, 0.15) is 25.8 Å². The van der Waals surface area contributed by atoms with Crippen molar-refractivity contribution in [3.63, 3.8) is 0 Å².